The molecular weight excluding hydrogens is 523 g/mol. The topological polar surface area (TPSA) is 83.1 Å². The molecule has 1 aromatic heterocycles. The van der Waals surface area contributed by atoms with E-state index in [4.69, 9.17) is 9.15 Å². The van der Waals surface area contributed by atoms with Crippen molar-refractivity contribution < 1.29 is 32.5 Å². The van der Waals surface area contributed by atoms with Crippen LogP contribution in [0.15, 0.2) is 69.9 Å². The summed E-state index contributed by atoms with van der Waals surface area (Å²) in [6.45, 7) is 5.13. The summed E-state index contributed by atoms with van der Waals surface area (Å²) in [6, 6.07) is 14.6. The highest BCUT2D eigenvalue weighted by Crippen LogP contribution is 2.36. The zero-order valence-corrected chi connectivity index (χ0v) is 22.0. The van der Waals surface area contributed by atoms with Crippen molar-refractivity contribution in [2.45, 2.75) is 38.5 Å². The number of nitrogens with zero attached hydrogens (tertiary/aromatic N) is 1. The molecule has 0 aliphatic carbocycles. The van der Waals surface area contributed by atoms with Gasteiger partial charge in [0.15, 0.2) is 0 Å². The summed E-state index contributed by atoms with van der Waals surface area (Å²) in [5, 5.41) is 21.0. The standard InChI is InChI=1S/C31H30F3NO5/c1-19(36)24-17-25-26(16-20-4-10-23(11-5-20)39-15-14-35-12-2-3-13-35)29(30(38)40-28(25)18-27(24)37)21-6-8-22(9-7-21)31(32,33)34/h4-11,17-19,36-37H,2-3,12-16H2,1H3. The van der Waals surface area contributed by atoms with Gasteiger partial charge in [-0.05, 0) is 86.3 Å². The molecule has 3 aromatic carbocycles. The number of rotatable bonds is 8. The first-order valence-corrected chi connectivity index (χ1v) is 13.2. The monoisotopic (exact) mass is 553 g/mol. The third kappa shape index (κ3) is 6.00. The third-order valence-electron chi connectivity index (χ3n) is 7.29. The van der Waals surface area contributed by atoms with Crippen LogP contribution in [0.25, 0.3) is 22.1 Å². The molecule has 1 saturated heterocycles. The van der Waals surface area contributed by atoms with Crippen LogP contribution in [0.1, 0.15) is 48.1 Å². The Hall–Kier alpha value is -3.82. The molecule has 1 atom stereocenters. The Kier molecular flexibility index (Phi) is 7.87. The van der Waals surface area contributed by atoms with Crippen molar-refractivity contribution in [1.82, 2.24) is 4.90 Å². The second-order valence-electron chi connectivity index (χ2n) is 10.1. The summed E-state index contributed by atoms with van der Waals surface area (Å²) < 4.78 is 50.9. The van der Waals surface area contributed by atoms with Crippen LogP contribution in [0, 0.1) is 0 Å². The summed E-state index contributed by atoms with van der Waals surface area (Å²) >= 11 is 0. The van der Waals surface area contributed by atoms with Gasteiger partial charge in [0.05, 0.1) is 17.2 Å². The van der Waals surface area contributed by atoms with E-state index < -0.39 is 23.5 Å². The first kappa shape index (κ1) is 27.7. The molecule has 5 rings (SSSR count). The van der Waals surface area contributed by atoms with Gasteiger partial charge in [0, 0.05) is 23.6 Å². The molecule has 9 heteroatoms. The molecule has 0 saturated carbocycles. The van der Waals surface area contributed by atoms with Crippen molar-refractivity contribution in [3.63, 3.8) is 0 Å². The molecule has 1 fully saturated rings. The van der Waals surface area contributed by atoms with Gasteiger partial charge in [-0.1, -0.05) is 24.3 Å². The summed E-state index contributed by atoms with van der Waals surface area (Å²) in [6.07, 6.45) is -2.84. The van der Waals surface area contributed by atoms with Gasteiger partial charge >= 0.3 is 11.8 Å². The van der Waals surface area contributed by atoms with Crippen LogP contribution in [0.2, 0.25) is 0 Å². The van der Waals surface area contributed by atoms with Crippen LogP contribution in [0.3, 0.4) is 0 Å². The summed E-state index contributed by atoms with van der Waals surface area (Å²) in [5.41, 5.74) is 0.510. The lowest BCUT2D eigenvalue weighted by Gasteiger charge is -2.16. The van der Waals surface area contributed by atoms with Crippen molar-refractivity contribution in [3.05, 3.63) is 93.3 Å². The third-order valence-corrected chi connectivity index (χ3v) is 7.29. The van der Waals surface area contributed by atoms with E-state index in [1.165, 1.54) is 38.0 Å². The Labute approximate surface area is 229 Å². The molecule has 6 nitrogen and oxygen atoms in total. The fourth-order valence-corrected chi connectivity index (χ4v) is 5.16. The highest BCUT2D eigenvalue weighted by molar-refractivity contribution is 5.89. The number of aliphatic hydroxyl groups excluding tert-OH is 1. The lowest BCUT2D eigenvalue weighted by atomic mass is 9.91. The zero-order chi connectivity index (χ0) is 28.4. The number of hydrogen-bond donors (Lipinski definition) is 2. The van der Waals surface area contributed by atoms with Crippen LogP contribution in [0.4, 0.5) is 13.2 Å². The molecule has 1 aliphatic heterocycles. The molecule has 1 unspecified atom stereocenters. The SMILES string of the molecule is CC(O)c1cc2c(Cc3ccc(OCCN4CCCC4)cc3)c(-c3ccc(C(F)(F)F)cc3)c(=O)oc2cc1O. The van der Waals surface area contributed by atoms with E-state index in [9.17, 15) is 28.2 Å². The number of ether oxygens (including phenoxy) is 1. The highest BCUT2D eigenvalue weighted by atomic mass is 19.4. The summed E-state index contributed by atoms with van der Waals surface area (Å²) in [5.74, 6) is 0.485. The fourth-order valence-electron chi connectivity index (χ4n) is 5.16. The number of alkyl halides is 3. The van der Waals surface area contributed by atoms with Gasteiger partial charge in [-0.3, -0.25) is 4.90 Å². The average Bonchev–Trinajstić information content (AvgIpc) is 3.42. The Morgan fingerprint density at radius 1 is 1.02 bits per heavy atom. The normalized spacial score (nSPS) is 15.0. The Morgan fingerprint density at radius 3 is 2.33 bits per heavy atom. The maximum absolute atomic E-state index is 13.2. The summed E-state index contributed by atoms with van der Waals surface area (Å²) in [7, 11) is 0. The number of aliphatic hydroxyl groups is 1. The number of halogens is 3. The second-order valence-corrected chi connectivity index (χ2v) is 10.1. The number of hydrogen-bond acceptors (Lipinski definition) is 6. The number of likely N-dealkylation sites (tertiary alicyclic amines) is 1. The molecule has 4 aromatic rings. The molecule has 40 heavy (non-hydrogen) atoms. The van der Waals surface area contributed by atoms with E-state index in [0.29, 0.717) is 23.3 Å². The molecule has 2 heterocycles. The minimum Gasteiger partial charge on any atom is -0.507 e. The van der Waals surface area contributed by atoms with E-state index in [1.54, 1.807) is 6.07 Å². The van der Waals surface area contributed by atoms with Crippen LogP contribution in [-0.4, -0.2) is 41.4 Å². The minimum atomic E-state index is -4.52. The minimum absolute atomic E-state index is 0.111. The van der Waals surface area contributed by atoms with E-state index in [2.05, 4.69) is 4.90 Å². The van der Waals surface area contributed by atoms with Gasteiger partial charge in [0.25, 0.3) is 0 Å². The number of fused-ring (bicyclic) bond motifs is 1. The van der Waals surface area contributed by atoms with E-state index in [-0.39, 0.29) is 34.4 Å². The quantitative estimate of drug-likeness (QED) is 0.249. The number of phenolic OH excluding ortho intramolecular Hbond substituents is 1. The lowest BCUT2D eigenvalue weighted by Crippen LogP contribution is -2.25. The second kappa shape index (κ2) is 11.3. The lowest BCUT2D eigenvalue weighted by molar-refractivity contribution is -0.137. The summed E-state index contributed by atoms with van der Waals surface area (Å²) in [4.78, 5) is 15.6. The van der Waals surface area contributed by atoms with Crippen LogP contribution in [0.5, 0.6) is 11.5 Å². The first-order valence-electron chi connectivity index (χ1n) is 13.2. The Bertz CT molecular complexity index is 1540. The van der Waals surface area contributed by atoms with E-state index in [1.807, 2.05) is 24.3 Å². The Morgan fingerprint density at radius 2 is 1.70 bits per heavy atom. The van der Waals surface area contributed by atoms with Gasteiger partial charge in [-0.2, -0.15) is 13.2 Å². The highest BCUT2D eigenvalue weighted by Gasteiger charge is 2.30. The molecule has 0 bridgehead atoms. The maximum atomic E-state index is 13.2. The van der Waals surface area contributed by atoms with Gasteiger partial charge in [0.2, 0.25) is 0 Å². The van der Waals surface area contributed by atoms with Crippen molar-refractivity contribution in [2.75, 3.05) is 26.2 Å². The van der Waals surface area contributed by atoms with Gasteiger partial charge in [-0.15, -0.1) is 0 Å². The molecule has 1 aliphatic rings. The molecule has 0 spiro atoms. The largest absolute Gasteiger partial charge is 0.507 e. The van der Waals surface area contributed by atoms with Crippen LogP contribution >= 0.6 is 0 Å². The molecule has 0 radical (unpaired) electrons. The van der Waals surface area contributed by atoms with E-state index >= 15 is 0 Å². The van der Waals surface area contributed by atoms with Crippen LogP contribution in [-0.2, 0) is 12.6 Å². The number of aromatic hydroxyl groups is 1. The maximum Gasteiger partial charge on any atom is 0.416 e. The van der Waals surface area contributed by atoms with E-state index in [0.717, 1.165) is 37.3 Å². The van der Waals surface area contributed by atoms with Crippen molar-refractivity contribution in [1.29, 1.82) is 0 Å². The van der Waals surface area contributed by atoms with Crippen molar-refractivity contribution in [2.24, 2.45) is 0 Å². The van der Waals surface area contributed by atoms with Crippen molar-refractivity contribution in [3.8, 4) is 22.6 Å². The number of phenols is 1. The van der Waals surface area contributed by atoms with Crippen molar-refractivity contribution >= 4 is 11.0 Å². The van der Waals surface area contributed by atoms with Gasteiger partial charge < -0.3 is 19.4 Å². The molecule has 0 amide bonds. The zero-order valence-electron chi connectivity index (χ0n) is 22.0. The first-order chi connectivity index (χ1) is 19.1. The predicted octanol–water partition coefficient (Wildman–Crippen LogP) is 6.30. The molecule has 210 valence electrons. The van der Waals surface area contributed by atoms with Crippen LogP contribution < -0.4 is 10.4 Å². The molecular formula is C31H30F3NO5. The average molecular weight is 554 g/mol. The Balaban J connectivity index is 1.52. The van der Waals surface area contributed by atoms with Gasteiger partial charge in [-0.25, -0.2) is 4.79 Å². The molecule has 2 N–H and O–H groups in total. The predicted molar refractivity (Wildman–Crippen MR) is 146 cm³/mol. The number of benzene rings is 3. The smallest absolute Gasteiger partial charge is 0.416 e. The van der Waals surface area contributed by atoms with Gasteiger partial charge in [0.1, 0.15) is 23.7 Å². The fraction of sp³-hybridized carbons (Fsp3) is 0.323.